The molecule has 3 aromatic rings. The van der Waals surface area contributed by atoms with Crippen molar-refractivity contribution in [3.8, 4) is 0 Å². The molecule has 8 heteroatoms. The fourth-order valence-electron chi connectivity index (χ4n) is 3.68. The summed E-state index contributed by atoms with van der Waals surface area (Å²) >= 11 is 7.48. The van der Waals surface area contributed by atoms with Gasteiger partial charge < -0.3 is 10.6 Å². The van der Waals surface area contributed by atoms with Crippen LogP contribution in [0.1, 0.15) is 47.3 Å². The van der Waals surface area contributed by atoms with E-state index in [4.69, 9.17) is 11.6 Å². The van der Waals surface area contributed by atoms with Gasteiger partial charge in [-0.05, 0) is 37.3 Å². The molecule has 2 heterocycles. The van der Waals surface area contributed by atoms with Crippen LogP contribution < -0.4 is 10.6 Å². The minimum Gasteiger partial charge on any atom is -0.320 e. The number of benzene rings is 1. The molecule has 0 atom stereocenters. The number of nitrogens with one attached hydrogen (secondary N) is 2. The van der Waals surface area contributed by atoms with Crippen molar-refractivity contribution in [1.29, 1.82) is 0 Å². The lowest BCUT2D eigenvalue weighted by Crippen LogP contribution is -2.14. The highest BCUT2D eigenvalue weighted by Gasteiger charge is 2.16. The first-order valence-corrected chi connectivity index (χ1v) is 11.1. The molecule has 1 aliphatic carbocycles. The van der Waals surface area contributed by atoms with Crippen LogP contribution in [0.15, 0.2) is 36.7 Å². The smallest absolute Gasteiger partial charge is 0.267 e. The average molecular weight is 430 g/mol. The highest BCUT2D eigenvalue weighted by Crippen LogP contribution is 2.28. The van der Waals surface area contributed by atoms with Gasteiger partial charge in [-0.3, -0.25) is 9.48 Å². The fraction of sp³-hybridized carbons (Fsp3) is 0.381. The largest absolute Gasteiger partial charge is 0.320 e. The SMILES string of the molecule is Cc1cccc(Cl)c1NC(=O)c1cnc(Nc2ccn(CC3CCCCC3)n2)s1. The lowest BCUT2D eigenvalue weighted by molar-refractivity contribution is 0.103. The molecular weight excluding hydrogens is 406 g/mol. The maximum atomic E-state index is 12.6. The number of nitrogens with zero attached hydrogens (tertiary/aromatic N) is 3. The Balaban J connectivity index is 1.37. The number of carbonyl (C=O) groups is 1. The van der Waals surface area contributed by atoms with E-state index in [9.17, 15) is 4.79 Å². The first-order chi connectivity index (χ1) is 14.1. The normalized spacial score (nSPS) is 14.7. The molecule has 1 fully saturated rings. The van der Waals surface area contributed by atoms with Crippen molar-refractivity contribution < 1.29 is 4.79 Å². The third kappa shape index (κ3) is 4.97. The summed E-state index contributed by atoms with van der Waals surface area (Å²) in [6, 6.07) is 7.46. The number of anilines is 3. The van der Waals surface area contributed by atoms with Gasteiger partial charge in [-0.25, -0.2) is 4.98 Å². The first kappa shape index (κ1) is 19.9. The molecule has 1 amide bonds. The van der Waals surface area contributed by atoms with Crippen LogP contribution in [0.2, 0.25) is 5.02 Å². The summed E-state index contributed by atoms with van der Waals surface area (Å²) in [5.74, 6) is 1.23. The van der Waals surface area contributed by atoms with Crippen molar-refractivity contribution in [3.63, 3.8) is 0 Å². The molecule has 1 aromatic carbocycles. The second kappa shape index (κ2) is 8.97. The van der Waals surface area contributed by atoms with E-state index in [0.717, 1.165) is 23.8 Å². The second-order valence-corrected chi connectivity index (χ2v) is 8.91. The maximum absolute atomic E-state index is 12.6. The van der Waals surface area contributed by atoms with Crippen molar-refractivity contribution in [1.82, 2.24) is 14.8 Å². The Hall–Kier alpha value is -2.38. The van der Waals surface area contributed by atoms with Crippen molar-refractivity contribution in [2.45, 2.75) is 45.6 Å². The first-order valence-electron chi connectivity index (χ1n) is 9.91. The molecule has 152 valence electrons. The van der Waals surface area contributed by atoms with Crippen LogP contribution in [0.3, 0.4) is 0 Å². The van der Waals surface area contributed by atoms with Gasteiger partial charge in [0.15, 0.2) is 10.9 Å². The summed E-state index contributed by atoms with van der Waals surface area (Å²) in [7, 11) is 0. The number of para-hydroxylation sites is 1. The fourth-order valence-corrected chi connectivity index (χ4v) is 4.66. The van der Waals surface area contributed by atoms with Crippen LogP contribution in [0.4, 0.5) is 16.6 Å². The molecule has 6 nitrogen and oxygen atoms in total. The molecule has 0 aliphatic heterocycles. The Kier molecular flexibility index (Phi) is 6.16. The zero-order valence-electron chi connectivity index (χ0n) is 16.3. The highest BCUT2D eigenvalue weighted by molar-refractivity contribution is 7.17. The van der Waals surface area contributed by atoms with Gasteiger partial charge in [0.05, 0.1) is 16.9 Å². The second-order valence-electron chi connectivity index (χ2n) is 7.47. The summed E-state index contributed by atoms with van der Waals surface area (Å²) in [5.41, 5.74) is 1.54. The molecule has 0 bridgehead atoms. The van der Waals surface area contributed by atoms with E-state index < -0.39 is 0 Å². The molecule has 2 N–H and O–H groups in total. The highest BCUT2D eigenvalue weighted by atomic mass is 35.5. The molecule has 0 spiro atoms. The van der Waals surface area contributed by atoms with Crippen LogP contribution in [0, 0.1) is 12.8 Å². The predicted octanol–water partition coefficient (Wildman–Crippen LogP) is 5.88. The summed E-state index contributed by atoms with van der Waals surface area (Å²) in [6.07, 6.45) is 10.2. The van der Waals surface area contributed by atoms with Crippen LogP contribution >= 0.6 is 22.9 Å². The third-order valence-corrected chi connectivity index (χ3v) is 6.46. The van der Waals surface area contributed by atoms with Crippen LogP contribution in [0.5, 0.6) is 0 Å². The topological polar surface area (TPSA) is 71.8 Å². The number of aromatic nitrogens is 3. The van der Waals surface area contributed by atoms with Gasteiger partial charge >= 0.3 is 0 Å². The summed E-state index contributed by atoms with van der Waals surface area (Å²) in [6.45, 7) is 2.87. The van der Waals surface area contributed by atoms with E-state index in [1.165, 1.54) is 43.4 Å². The maximum Gasteiger partial charge on any atom is 0.267 e. The molecule has 1 saturated carbocycles. The minimum absolute atomic E-state index is 0.227. The number of hydrogen-bond donors (Lipinski definition) is 2. The number of halogens is 1. The van der Waals surface area contributed by atoms with Crippen LogP contribution in [-0.4, -0.2) is 20.7 Å². The Morgan fingerprint density at radius 2 is 2.10 bits per heavy atom. The minimum atomic E-state index is -0.227. The number of amides is 1. The zero-order chi connectivity index (χ0) is 20.2. The van der Waals surface area contributed by atoms with E-state index in [0.29, 0.717) is 20.7 Å². The van der Waals surface area contributed by atoms with Gasteiger partial charge in [0.2, 0.25) is 0 Å². The van der Waals surface area contributed by atoms with E-state index in [-0.39, 0.29) is 5.91 Å². The lowest BCUT2D eigenvalue weighted by Gasteiger charge is -2.21. The molecule has 2 aromatic heterocycles. The Morgan fingerprint density at radius 3 is 2.90 bits per heavy atom. The quantitative estimate of drug-likeness (QED) is 0.513. The summed E-state index contributed by atoms with van der Waals surface area (Å²) in [5, 5.41) is 11.8. The van der Waals surface area contributed by atoms with E-state index in [2.05, 4.69) is 20.7 Å². The monoisotopic (exact) mass is 429 g/mol. The van der Waals surface area contributed by atoms with Crippen molar-refractivity contribution in [2.24, 2.45) is 5.92 Å². The molecule has 1 aliphatic rings. The Bertz CT molecular complexity index is 972. The van der Waals surface area contributed by atoms with Crippen LogP contribution in [-0.2, 0) is 6.54 Å². The van der Waals surface area contributed by atoms with Crippen molar-refractivity contribution in [2.75, 3.05) is 10.6 Å². The van der Waals surface area contributed by atoms with E-state index in [1.807, 2.05) is 36.0 Å². The Morgan fingerprint density at radius 1 is 1.28 bits per heavy atom. The summed E-state index contributed by atoms with van der Waals surface area (Å²) < 4.78 is 2.00. The van der Waals surface area contributed by atoms with E-state index in [1.54, 1.807) is 12.3 Å². The van der Waals surface area contributed by atoms with Crippen molar-refractivity contribution in [3.05, 3.63) is 52.1 Å². The Labute approximate surface area is 179 Å². The molecule has 0 unspecified atom stereocenters. The molecule has 0 radical (unpaired) electrons. The third-order valence-electron chi connectivity index (χ3n) is 5.24. The summed E-state index contributed by atoms with van der Waals surface area (Å²) in [4.78, 5) is 17.4. The number of carbonyl (C=O) groups excluding carboxylic acids is 1. The predicted molar refractivity (Wildman–Crippen MR) is 118 cm³/mol. The standard InChI is InChI=1S/C21H24ClN5OS/c1-14-6-5-9-16(22)19(14)25-20(28)17-12-23-21(29-17)24-18-10-11-27(26-18)13-15-7-3-2-4-8-15/h5-6,9-12,15H,2-4,7-8,13H2,1H3,(H,25,28)(H,23,24,26). The van der Waals surface area contributed by atoms with Gasteiger partial charge in [0.25, 0.3) is 5.91 Å². The number of rotatable bonds is 6. The van der Waals surface area contributed by atoms with Gasteiger partial charge in [0.1, 0.15) is 4.88 Å². The lowest BCUT2D eigenvalue weighted by atomic mass is 9.89. The average Bonchev–Trinajstić information content (AvgIpc) is 3.35. The molecule has 4 rings (SSSR count). The number of thiazole rings is 1. The van der Waals surface area contributed by atoms with Crippen molar-refractivity contribution >= 4 is 45.5 Å². The van der Waals surface area contributed by atoms with Gasteiger partial charge in [0, 0.05) is 18.8 Å². The van der Waals surface area contributed by atoms with E-state index >= 15 is 0 Å². The van der Waals surface area contributed by atoms with Gasteiger partial charge in [-0.15, -0.1) is 0 Å². The van der Waals surface area contributed by atoms with Crippen LogP contribution in [0.25, 0.3) is 0 Å². The number of hydrogen-bond acceptors (Lipinski definition) is 5. The van der Waals surface area contributed by atoms with Gasteiger partial charge in [-0.1, -0.05) is 54.3 Å². The molecule has 0 saturated heterocycles. The zero-order valence-corrected chi connectivity index (χ0v) is 17.9. The molecule has 29 heavy (non-hydrogen) atoms. The number of aryl methyl sites for hydroxylation is 1. The molecular formula is C21H24ClN5OS. The van der Waals surface area contributed by atoms with Gasteiger partial charge in [-0.2, -0.15) is 5.10 Å².